The molecule has 2 aromatic rings. The summed E-state index contributed by atoms with van der Waals surface area (Å²) in [4.78, 5) is 12.0. The van der Waals surface area contributed by atoms with Crippen molar-refractivity contribution in [2.75, 3.05) is 20.8 Å². The second kappa shape index (κ2) is 9.62. The van der Waals surface area contributed by atoms with Gasteiger partial charge < -0.3 is 14.2 Å². The van der Waals surface area contributed by atoms with Crippen molar-refractivity contribution >= 4 is 12.1 Å². The molecule has 0 spiro atoms. The first kappa shape index (κ1) is 20.3. The first-order valence-electron chi connectivity index (χ1n) is 8.72. The lowest BCUT2D eigenvalue weighted by molar-refractivity contribution is -0.123. The van der Waals surface area contributed by atoms with Crippen molar-refractivity contribution in [2.45, 2.75) is 26.7 Å². The van der Waals surface area contributed by atoms with Gasteiger partial charge in [0.25, 0.3) is 5.91 Å². The molecule has 27 heavy (non-hydrogen) atoms. The summed E-state index contributed by atoms with van der Waals surface area (Å²) in [5.41, 5.74) is 5.30. The summed E-state index contributed by atoms with van der Waals surface area (Å²) in [6, 6.07) is 11.5. The van der Waals surface area contributed by atoms with Gasteiger partial charge in [0.1, 0.15) is 5.75 Å². The summed E-state index contributed by atoms with van der Waals surface area (Å²) in [6.45, 7) is 6.06. The lowest BCUT2D eigenvalue weighted by Crippen LogP contribution is -2.24. The molecule has 1 N–H and O–H groups in total. The molecule has 0 aliphatic rings. The first-order valence-corrected chi connectivity index (χ1v) is 8.72. The summed E-state index contributed by atoms with van der Waals surface area (Å²) in [5.74, 6) is 1.90. The Morgan fingerprint density at radius 2 is 1.93 bits per heavy atom. The summed E-state index contributed by atoms with van der Waals surface area (Å²) in [7, 11) is 3.11. The molecule has 0 saturated carbocycles. The highest BCUT2D eigenvalue weighted by Crippen LogP contribution is 2.29. The molecule has 0 heterocycles. The van der Waals surface area contributed by atoms with Crippen molar-refractivity contribution in [1.29, 1.82) is 0 Å². The van der Waals surface area contributed by atoms with Gasteiger partial charge in [0, 0.05) is 5.56 Å². The fourth-order valence-electron chi connectivity index (χ4n) is 2.49. The zero-order valence-corrected chi connectivity index (χ0v) is 16.4. The average molecular weight is 370 g/mol. The van der Waals surface area contributed by atoms with Crippen molar-refractivity contribution in [1.82, 2.24) is 5.43 Å². The van der Waals surface area contributed by atoms with Gasteiger partial charge in [0.05, 0.1) is 20.4 Å². The Balaban J connectivity index is 1.96. The van der Waals surface area contributed by atoms with Gasteiger partial charge in [-0.1, -0.05) is 32.0 Å². The molecule has 0 bridgehead atoms. The van der Waals surface area contributed by atoms with E-state index in [0.717, 1.165) is 5.56 Å². The predicted octanol–water partition coefficient (Wildman–Crippen LogP) is 3.66. The number of para-hydroxylation sites is 1. The highest BCUT2D eigenvalue weighted by molar-refractivity contribution is 5.86. The quantitative estimate of drug-likeness (QED) is 0.569. The van der Waals surface area contributed by atoms with Crippen LogP contribution in [0.3, 0.4) is 0 Å². The number of aryl methyl sites for hydroxylation is 1. The lowest BCUT2D eigenvalue weighted by Gasteiger charge is -2.12. The maximum atomic E-state index is 12.0. The van der Waals surface area contributed by atoms with Crippen LogP contribution in [-0.4, -0.2) is 32.9 Å². The minimum Gasteiger partial charge on any atom is -0.493 e. The summed E-state index contributed by atoms with van der Waals surface area (Å²) >= 11 is 0. The van der Waals surface area contributed by atoms with Gasteiger partial charge in [0.15, 0.2) is 18.1 Å². The summed E-state index contributed by atoms with van der Waals surface area (Å²) in [5, 5.41) is 3.97. The molecule has 0 radical (unpaired) electrons. The standard InChI is InChI=1S/C21H26N2O4/c1-14(2)16-10-9-15(3)19(11-16)27-13-20(24)23-22-12-17-7-6-8-18(25-4)21(17)26-5/h6-12,14H,13H2,1-5H3,(H,23,24)/b22-12-. The van der Waals surface area contributed by atoms with E-state index in [4.69, 9.17) is 14.2 Å². The molecule has 2 rings (SSSR count). The SMILES string of the molecule is COc1cccc(/C=N\NC(=O)COc2cc(C(C)C)ccc2C)c1OC. The van der Waals surface area contributed by atoms with Crippen LogP contribution in [0, 0.1) is 6.92 Å². The second-order valence-corrected chi connectivity index (χ2v) is 6.34. The maximum Gasteiger partial charge on any atom is 0.277 e. The van der Waals surface area contributed by atoms with E-state index in [0.29, 0.717) is 28.7 Å². The molecule has 6 nitrogen and oxygen atoms in total. The van der Waals surface area contributed by atoms with Crippen LogP contribution in [-0.2, 0) is 4.79 Å². The average Bonchev–Trinajstić information content (AvgIpc) is 2.66. The molecule has 0 atom stereocenters. The van der Waals surface area contributed by atoms with Crippen LogP contribution in [0.15, 0.2) is 41.5 Å². The Kier molecular flexibility index (Phi) is 7.23. The third-order valence-electron chi connectivity index (χ3n) is 4.06. The molecule has 2 aromatic carbocycles. The molecule has 0 saturated heterocycles. The highest BCUT2D eigenvalue weighted by atomic mass is 16.5. The number of hydrazone groups is 1. The molecule has 0 unspecified atom stereocenters. The van der Waals surface area contributed by atoms with Crippen molar-refractivity contribution in [2.24, 2.45) is 5.10 Å². The number of hydrogen-bond acceptors (Lipinski definition) is 5. The fraction of sp³-hybridized carbons (Fsp3) is 0.333. The van der Waals surface area contributed by atoms with Gasteiger partial charge in [-0.25, -0.2) is 5.43 Å². The maximum absolute atomic E-state index is 12.0. The second-order valence-electron chi connectivity index (χ2n) is 6.34. The van der Waals surface area contributed by atoms with Gasteiger partial charge in [-0.3, -0.25) is 4.79 Å². The van der Waals surface area contributed by atoms with E-state index in [1.165, 1.54) is 11.8 Å². The largest absolute Gasteiger partial charge is 0.493 e. The van der Waals surface area contributed by atoms with E-state index in [9.17, 15) is 4.79 Å². The van der Waals surface area contributed by atoms with Crippen molar-refractivity contribution in [3.63, 3.8) is 0 Å². The monoisotopic (exact) mass is 370 g/mol. The Morgan fingerprint density at radius 1 is 1.15 bits per heavy atom. The lowest BCUT2D eigenvalue weighted by atomic mass is 10.0. The van der Waals surface area contributed by atoms with Gasteiger partial charge >= 0.3 is 0 Å². The number of nitrogens with zero attached hydrogens (tertiary/aromatic N) is 1. The van der Waals surface area contributed by atoms with Crippen LogP contribution >= 0.6 is 0 Å². The molecular weight excluding hydrogens is 344 g/mol. The summed E-state index contributed by atoms with van der Waals surface area (Å²) < 4.78 is 16.2. The van der Waals surface area contributed by atoms with E-state index in [1.807, 2.05) is 31.2 Å². The molecule has 0 fully saturated rings. The molecule has 0 aromatic heterocycles. The van der Waals surface area contributed by atoms with Crippen LogP contribution in [0.4, 0.5) is 0 Å². The van der Waals surface area contributed by atoms with Gasteiger partial charge in [0.2, 0.25) is 0 Å². The van der Waals surface area contributed by atoms with Crippen molar-refractivity contribution in [3.05, 3.63) is 53.1 Å². The molecule has 6 heteroatoms. The third kappa shape index (κ3) is 5.48. The highest BCUT2D eigenvalue weighted by Gasteiger charge is 2.09. The van der Waals surface area contributed by atoms with Gasteiger partial charge in [-0.05, 0) is 42.2 Å². The number of carbonyl (C=O) groups excluding carboxylic acids is 1. The minimum absolute atomic E-state index is 0.116. The molecule has 0 aliphatic heterocycles. The van der Waals surface area contributed by atoms with E-state index in [-0.39, 0.29) is 12.5 Å². The minimum atomic E-state index is -0.345. The number of rotatable bonds is 8. The number of nitrogens with one attached hydrogen (secondary N) is 1. The smallest absolute Gasteiger partial charge is 0.277 e. The molecular formula is C21H26N2O4. The number of carbonyl (C=O) groups is 1. The van der Waals surface area contributed by atoms with Gasteiger partial charge in [-0.2, -0.15) is 5.10 Å². The Hall–Kier alpha value is -3.02. The van der Waals surface area contributed by atoms with Crippen LogP contribution in [0.25, 0.3) is 0 Å². The van der Waals surface area contributed by atoms with Crippen molar-refractivity contribution in [3.8, 4) is 17.2 Å². The van der Waals surface area contributed by atoms with E-state index >= 15 is 0 Å². The molecule has 144 valence electrons. The number of methoxy groups -OCH3 is 2. The number of benzene rings is 2. The van der Waals surface area contributed by atoms with Crippen molar-refractivity contribution < 1.29 is 19.0 Å². The zero-order chi connectivity index (χ0) is 19.8. The number of amides is 1. The third-order valence-corrected chi connectivity index (χ3v) is 4.06. The van der Waals surface area contributed by atoms with Crippen LogP contribution in [0.1, 0.15) is 36.5 Å². The van der Waals surface area contributed by atoms with Crippen LogP contribution < -0.4 is 19.6 Å². The normalized spacial score (nSPS) is 10.9. The Labute approximate surface area is 160 Å². The van der Waals surface area contributed by atoms with E-state index in [1.54, 1.807) is 20.3 Å². The van der Waals surface area contributed by atoms with E-state index < -0.39 is 0 Å². The molecule has 0 aliphatic carbocycles. The van der Waals surface area contributed by atoms with Crippen LogP contribution in [0.2, 0.25) is 0 Å². The topological polar surface area (TPSA) is 69.2 Å². The zero-order valence-electron chi connectivity index (χ0n) is 16.4. The van der Waals surface area contributed by atoms with Gasteiger partial charge in [-0.15, -0.1) is 0 Å². The van der Waals surface area contributed by atoms with E-state index in [2.05, 4.69) is 30.4 Å². The Morgan fingerprint density at radius 3 is 2.59 bits per heavy atom. The Bertz CT molecular complexity index is 816. The number of hydrogen-bond donors (Lipinski definition) is 1. The van der Waals surface area contributed by atoms with Crippen LogP contribution in [0.5, 0.6) is 17.2 Å². The predicted molar refractivity (Wildman–Crippen MR) is 106 cm³/mol. The molecule has 1 amide bonds. The number of ether oxygens (including phenoxy) is 3. The summed E-state index contributed by atoms with van der Waals surface area (Å²) in [6.07, 6.45) is 1.50. The first-order chi connectivity index (χ1) is 13.0. The fourth-order valence-corrected chi connectivity index (χ4v) is 2.49.